The second-order valence-electron chi connectivity index (χ2n) is 4.46. The molecule has 0 unspecified atom stereocenters. The summed E-state index contributed by atoms with van der Waals surface area (Å²) in [5, 5.41) is 4.44. The molecule has 0 spiro atoms. The van der Waals surface area contributed by atoms with E-state index in [1.54, 1.807) is 11.8 Å². The quantitative estimate of drug-likeness (QED) is 0.370. The highest BCUT2D eigenvalue weighted by Crippen LogP contribution is 2.42. The number of fused-ring (bicyclic) bond motifs is 1. The van der Waals surface area contributed by atoms with Crippen LogP contribution in [-0.2, 0) is 0 Å². The fourth-order valence-corrected chi connectivity index (χ4v) is 5.20. The number of aryl methyl sites for hydroxylation is 2. The molecule has 0 bridgehead atoms. The maximum Gasteiger partial charge on any atom is 0.188 e. The van der Waals surface area contributed by atoms with Gasteiger partial charge < -0.3 is 0 Å². The molecule has 3 aromatic rings. The molecule has 0 atom stereocenters. The molecule has 0 fully saturated rings. The third kappa shape index (κ3) is 2.41. The van der Waals surface area contributed by atoms with Gasteiger partial charge in [-0.1, -0.05) is 17.8 Å². The summed E-state index contributed by atoms with van der Waals surface area (Å²) in [6.45, 7) is 8.09. The molecule has 0 aliphatic heterocycles. The Bertz CT molecular complexity index is 771. The van der Waals surface area contributed by atoms with Gasteiger partial charge >= 0.3 is 0 Å². The molecule has 0 saturated heterocycles. The monoisotopic (exact) mass is 318 g/mol. The van der Waals surface area contributed by atoms with Gasteiger partial charge in [0.15, 0.2) is 5.16 Å². The fourth-order valence-electron chi connectivity index (χ4n) is 2.14. The molecule has 5 heteroatoms. The van der Waals surface area contributed by atoms with Crippen molar-refractivity contribution in [2.24, 2.45) is 0 Å². The maximum atomic E-state index is 4.66. The van der Waals surface area contributed by atoms with Gasteiger partial charge in [0.25, 0.3) is 0 Å². The van der Waals surface area contributed by atoms with Gasteiger partial charge in [-0.05, 0) is 36.4 Å². The van der Waals surface area contributed by atoms with E-state index >= 15 is 0 Å². The van der Waals surface area contributed by atoms with Gasteiger partial charge in [-0.25, -0.2) is 9.97 Å². The van der Waals surface area contributed by atoms with Crippen molar-refractivity contribution in [3.63, 3.8) is 0 Å². The summed E-state index contributed by atoms with van der Waals surface area (Å²) >= 11 is 5.26. The first-order valence-electron chi connectivity index (χ1n) is 6.25. The van der Waals surface area contributed by atoms with Crippen molar-refractivity contribution >= 4 is 43.8 Å². The van der Waals surface area contributed by atoms with Crippen LogP contribution in [0.1, 0.15) is 11.1 Å². The Balaban J connectivity index is 2.06. The van der Waals surface area contributed by atoms with Crippen molar-refractivity contribution in [1.29, 1.82) is 0 Å². The minimum Gasteiger partial charge on any atom is -0.231 e. The first-order valence-corrected chi connectivity index (χ1v) is 8.93. The molecule has 2 nitrogen and oxygen atoms in total. The summed E-state index contributed by atoms with van der Waals surface area (Å²) in [5.41, 5.74) is 3.72. The molecule has 0 aliphatic carbocycles. The van der Waals surface area contributed by atoms with E-state index in [4.69, 9.17) is 0 Å². The lowest BCUT2D eigenvalue weighted by Gasteiger charge is -2.02. The predicted octanol–water partition coefficient (Wildman–Crippen LogP) is 5.31. The summed E-state index contributed by atoms with van der Waals surface area (Å²) in [7, 11) is 0. The van der Waals surface area contributed by atoms with E-state index in [9.17, 15) is 0 Å². The van der Waals surface area contributed by atoms with Gasteiger partial charge in [0.05, 0.1) is 14.6 Å². The average molecular weight is 318 g/mol. The van der Waals surface area contributed by atoms with Crippen LogP contribution < -0.4 is 0 Å². The molecule has 0 amide bonds. The Labute approximate surface area is 130 Å². The lowest BCUT2D eigenvalue weighted by atomic mass is 10.1. The predicted molar refractivity (Wildman–Crippen MR) is 91.1 cm³/mol. The van der Waals surface area contributed by atoms with Crippen molar-refractivity contribution in [1.82, 2.24) is 9.97 Å². The lowest BCUT2D eigenvalue weighted by Crippen LogP contribution is -1.89. The minimum absolute atomic E-state index is 0.815. The zero-order chi connectivity index (χ0) is 14.1. The second-order valence-corrected chi connectivity index (χ2v) is 7.61. The Hall–Kier alpha value is -1.17. The molecule has 0 aromatic carbocycles. The zero-order valence-electron chi connectivity index (χ0n) is 11.3. The molecular weight excluding hydrogens is 304 g/mol. The standard InChI is InChI=1S/C15H14N2S3/c1-4-7-18-15-16-6-5-11(17-15)13-10(3)12-9(2)8-19-14(12)20-13/h4-6,8H,1,7H2,2-3H3. The molecule has 3 heterocycles. The normalized spacial score (nSPS) is 11.1. The van der Waals surface area contributed by atoms with Crippen LogP contribution in [0.25, 0.3) is 20.0 Å². The number of thiophene rings is 2. The van der Waals surface area contributed by atoms with Crippen molar-refractivity contribution in [2.45, 2.75) is 19.0 Å². The van der Waals surface area contributed by atoms with E-state index in [0.717, 1.165) is 16.6 Å². The summed E-state index contributed by atoms with van der Waals surface area (Å²) in [4.78, 5) is 10.2. The molecule has 0 saturated carbocycles. The van der Waals surface area contributed by atoms with Crippen LogP contribution in [0, 0.1) is 13.8 Å². The third-order valence-corrected chi connectivity index (χ3v) is 6.44. The molecule has 3 rings (SSSR count). The zero-order valence-corrected chi connectivity index (χ0v) is 13.8. The van der Waals surface area contributed by atoms with Crippen molar-refractivity contribution in [2.75, 3.05) is 5.75 Å². The highest BCUT2D eigenvalue weighted by molar-refractivity contribution is 7.99. The van der Waals surface area contributed by atoms with Crippen LogP contribution in [0.2, 0.25) is 0 Å². The summed E-state index contributed by atoms with van der Waals surface area (Å²) < 4.78 is 1.38. The highest BCUT2D eigenvalue weighted by atomic mass is 32.2. The van der Waals surface area contributed by atoms with Crippen LogP contribution in [0.15, 0.2) is 35.5 Å². The van der Waals surface area contributed by atoms with Crippen LogP contribution in [0.4, 0.5) is 0 Å². The van der Waals surface area contributed by atoms with E-state index in [0.29, 0.717) is 0 Å². The molecular formula is C15H14N2S3. The number of hydrogen-bond acceptors (Lipinski definition) is 5. The Kier molecular flexibility index (Phi) is 3.92. The third-order valence-electron chi connectivity index (χ3n) is 3.05. The minimum atomic E-state index is 0.815. The number of rotatable bonds is 4. The molecule has 20 heavy (non-hydrogen) atoms. The number of thioether (sulfide) groups is 1. The van der Waals surface area contributed by atoms with Gasteiger partial charge in [-0.15, -0.1) is 29.3 Å². The van der Waals surface area contributed by atoms with E-state index in [1.807, 2.05) is 41.0 Å². The molecule has 102 valence electrons. The lowest BCUT2D eigenvalue weighted by molar-refractivity contribution is 0.976. The second kappa shape index (κ2) is 5.68. The van der Waals surface area contributed by atoms with Crippen molar-refractivity contribution in [3.05, 3.63) is 41.4 Å². The summed E-state index contributed by atoms with van der Waals surface area (Å²) in [6, 6.07) is 2.00. The van der Waals surface area contributed by atoms with E-state index < -0.39 is 0 Å². The van der Waals surface area contributed by atoms with Gasteiger partial charge in [0.1, 0.15) is 0 Å². The Morgan fingerprint density at radius 3 is 3.00 bits per heavy atom. The van der Waals surface area contributed by atoms with Gasteiger partial charge in [-0.3, -0.25) is 0 Å². The number of aromatic nitrogens is 2. The molecule has 3 aromatic heterocycles. The van der Waals surface area contributed by atoms with E-state index in [-0.39, 0.29) is 0 Å². The number of nitrogens with zero attached hydrogens (tertiary/aromatic N) is 2. The largest absolute Gasteiger partial charge is 0.231 e. The van der Waals surface area contributed by atoms with Crippen LogP contribution in [0.3, 0.4) is 0 Å². The van der Waals surface area contributed by atoms with E-state index in [2.05, 4.69) is 35.8 Å². The van der Waals surface area contributed by atoms with Crippen LogP contribution in [0.5, 0.6) is 0 Å². The van der Waals surface area contributed by atoms with Gasteiger partial charge in [0.2, 0.25) is 0 Å². The van der Waals surface area contributed by atoms with Crippen LogP contribution in [-0.4, -0.2) is 15.7 Å². The first kappa shape index (κ1) is 13.8. The fraction of sp³-hybridized carbons (Fsp3) is 0.200. The average Bonchev–Trinajstić information content (AvgIpc) is 2.98. The topological polar surface area (TPSA) is 25.8 Å². The van der Waals surface area contributed by atoms with Gasteiger partial charge in [-0.2, -0.15) is 0 Å². The smallest absolute Gasteiger partial charge is 0.188 e. The molecule has 0 aliphatic rings. The highest BCUT2D eigenvalue weighted by Gasteiger charge is 2.15. The van der Waals surface area contributed by atoms with Crippen molar-refractivity contribution < 1.29 is 0 Å². The van der Waals surface area contributed by atoms with Gasteiger partial charge in [0, 0.05) is 17.3 Å². The molecule has 0 radical (unpaired) electrons. The number of hydrogen-bond donors (Lipinski definition) is 0. The summed E-state index contributed by atoms with van der Waals surface area (Å²) in [5.74, 6) is 0.834. The maximum absolute atomic E-state index is 4.66. The SMILES string of the molecule is C=CCSc1nccc(-c2sc3scc(C)c3c2C)n1. The van der Waals surface area contributed by atoms with Crippen LogP contribution >= 0.6 is 34.4 Å². The Morgan fingerprint density at radius 1 is 1.40 bits per heavy atom. The Morgan fingerprint density at radius 2 is 2.25 bits per heavy atom. The first-order chi connectivity index (χ1) is 9.70. The summed E-state index contributed by atoms with van der Waals surface area (Å²) in [6.07, 6.45) is 3.71. The van der Waals surface area contributed by atoms with E-state index in [1.165, 1.54) is 25.4 Å². The van der Waals surface area contributed by atoms with Crippen molar-refractivity contribution in [3.8, 4) is 10.6 Å². The molecule has 0 N–H and O–H groups in total.